The highest BCUT2D eigenvalue weighted by Gasteiger charge is 2.18. The lowest BCUT2D eigenvalue weighted by atomic mass is 10.2. The zero-order chi connectivity index (χ0) is 11.4. The molecule has 0 saturated heterocycles. The van der Waals surface area contributed by atoms with E-state index in [-0.39, 0.29) is 18.1 Å². The summed E-state index contributed by atoms with van der Waals surface area (Å²) < 4.78 is 24.0. The molecule has 0 aliphatic heterocycles. The molecule has 0 radical (unpaired) electrons. The maximum Gasteiger partial charge on any atom is 0.208 e. The molecule has 1 aromatic rings. The van der Waals surface area contributed by atoms with Crippen LogP contribution in [0.15, 0.2) is 10.5 Å². The molecule has 0 aliphatic rings. The van der Waals surface area contributed by atoms with Crippen LogP contribution in [0.4, 0.5) is 4.39 Å². The van der Waals surface area contributed by atoms with Crippen LogP contribution < -0.4 is 15.4 Å². The lowest BCUT2D eigenvalue weighted by Gasteiger charge is -2.13. The average molecular weight is 280 g/mol. The Morgan fingerprint density at radius 3 is 2.40 bits per heavy atom. The molecule has 4 nitrogen and oxygen atoms in total. The van der Waals surface area contributed by atoms with Gasteiger partial charge in [-0.3, -0.25) is 4.84 Å². The van der Waals surface area contributed by atoms with Gasteiger partial charge in [0, 0.05) is 5.56 Å². The molecule has 2 N–H and O–H groups in total. The standard InChI is InChI=1S/C9H11BrFNO3/c1-13-8-5(4-15-12)3-6(10)9(14-2)7(8)11/h3H,4,12H2,1-2H3. The highest BCUT2D eigenvalue weighted by molar-refractivity contribution is 9.10. The lowest BCUT2D eigenvalue weighted by Crippen LogP contribution is -2.04. The number of benzene rings is 1. The van der Waals surface area contributed by atoms with Crippen LogP contribution in [-0.4, -0.2) is 14.2 Å². The fourth-order valence-corrected chi connectivity index (χ4v) is 1.85. The SMILES string of the molecule is COc1c(Br)cc(CON)c(OC)c1F. The van der Waals surface area contributed by atoms with Crippen molar-refractivity contribution in [3.8, 4) is 11.5 Å². The average Bonchev–Trinajstić information content (AvgIpc) is 2.19. The van der Waals surface area contributed by atoms with Crippen LogP contribution in [0.25, 0.3) is 0 Å². The van der Waals surface area contributed by atoms with Gasteiger partial charge in [0.25, 0.3) is 0 Å². The van der Waals surface area contributed by atoms with E-state index < -0.39 is 5.82 Å². The first-order valence-corrected chi connectivity index (χ1v) is 4.85. The number of methoxy groups -OCH3 is 2. The Hall–Kier alpha value is -0.850. The Morgan fingerprint density at radius 1 is 1.33 bits per heavy atom. The molecule has 0 aromatic heterocycles. The first-order chi connectivity index (χ1) is 7.15. The number of hydrogen-bond donors (Lipinski definition) is 1. The third kappa shape index (κ3) is 2.39. The molecule has 0 amide bonds. The van der Waals surface area contributed by atoms with E-state index in [0.717, 1.165) is 0 Å². The molecule has 0 heterocycles. The third-order valence-corrected chi connectivity index (χ3v) is 2.44. The van der Waals surface area contributed by atoms with Crippen molar-refractivity contribution in [2.45, 2.75) is 6.61 Å². The normalized spacial score (nSPS) is 10.2. The molecule has 0 unspecified atom stereocenters. The van der Waals surface area contributed by atoms with E-state index >= 15 is 0 Å². The van der Waals surface area contributed by atoms with Crippen molar-refractivity contribution >= 4 is 15.9 Å². The van der Waals surface area contributed by atoms with Gasteiger partial charge in [0.05, 0.1) is 25.3 Å². The fraction of sp³-hybridized carbons (Fsp3) is 0.333. The van der Waals surface area contributed by atoms with Crippen LogP contribution in [0, 0.1) is 5.82 Å². The predicted molar refractivity (Wildman–Crippen MR) is 56.2 cm³/mol. The maximum atomic E-state index is 13.7. The number of nitrogens with two attached hydrogens (primary N) is 1. The molecule has 0 saturated carbocycles. The van der Waals surface area contributed by atoms with E-state index in [9.17, 15) is 4.39 Å². The Kier molecular flexibility index (Phi) is 4.31. The summed E-state index contributed by atoms with van der Waals surface area (Å²) in [4.78, 5) is 4.45. The van der Waals surface area contributed by atoms with Gasteiger partial charge in [-0.15, -0.1) is 0 Å². The van der Waals surface area contributed by atoms with E-state index in [1.165, 1.54) is 14.2 Å². The van der Waals surface area contributed by atoms with E-state index in [0.29, 0.717) is 10.0 Å². The van der Waals surface area contributed by atoms with E-state index in [2.05, 4.69) is 20.8 Å². The molecule has 15 heavy (non-hydrogen) atoms. The molecule has 84 valence electrons. The summed E-state index contributed by atoms with van der Waals surface area (Å²) in [6, 6.07) is 1.63. The highest BCUT2D eigenvalue weighted by atomic mass is 79.9. The van der Waals surface area contributed by atoms with Gasteiger partial charge in [-0.05, 0) is 22.0 Å². The van der Waals surface area contributed by atoms with Gasteiger partial charge in [-0.1, -0.05) is 0 Å². The second-order valence-corrected chi connectivity index (χ2v) is 3.56. The predicted octanol–water partition coefficient (Wildman–Crippen LogP) is 2.00. The molecule has 6 heteroatoms. The molecule has 0 atom stereocenters. The van der Waals surface area contributed by atoms with Crippen molar-refractivity contribution in [1.82, 2.24) is 0 Å². The van der Waals surface area contributed by atoms with E-state index in [4.69, 9.17) is 15.4 Å². The zero-order valence-corrected chi connectivity index (χ0v) is 9.93. The van der Waals surface area contributed by atoms with Gasteiger partial charge in [0.15, 0.2) is 11.5 Å². The molecule has 1 aromatic carbocycles. The second-order valence-electron chi connectivity index (χ2n) is 2.71. The molecule has 0 fully saturated rings. The van der Waals surface area contributed by atoms with Crippen molar-refractivity contribution < 1.29 is 18.7 Å². The van der Waals surface area contributed by atoms with Crippen LogP contribution >= 0.6 is 15.9 Å². The molecule has 0 spiro atoms. The number of halogens is 2. The summed E-state index contributed by atoms with van der Waals surface area (Å²) in [7, 11) is 2.74. The lowest BCUT2D eigenvalue weighted by molar-refractivity contribution is 0.121. The number of rotatable bonds is 4. The maximum absolute atomic E-state index is 13.7. The van der Waals surface area contributed by atoms with Crippen molar-refractivity contribution in [2.24, 2.45) is 5.90 Å². The van der Waals surface area contributed by atoms with E-state index in [1.54, 1.807) is 6.07 Å². The van der Waals surface area contributed by atoms with Crippen LogP contribution in [0.5, 0.6) is 11.5 Å². The first-order valence-electron chi connectivity index (χ1n) is 4.06. The first kappa shape index (κ1) is 12.2. The van der Waals surface area contributed by atoms with Crippen molar-refractivity contribution in [2.75, 3.05) is 14.2 Å². The van der Waals surface area contributed by atoms with Crippen LogP contribution in [0.2, 0.25) is 0 Å². The summed E-state index contributed by atoms with van der Waals surface area (Å²) in [6.45, 7) is 0.0582. The molecule has 0 bridgehead atoms. The molecule has 1 rings (SSSR count). The summed E-state index contributed by atoms with van der Waals surface area (Å²) in [5.41, 5.74) is 0.505. The molecular weight excluding hydrogens is 269 g/mol. The minimum Gasteiger partial charge on any atom is -0.493 e. The zero-order valence-electron chi connectivity index (χ0n) is 8.34. The van der Waals surface area contributed by atoms with Gasteiger partial charge in [-0.2, -0.15) is 4.39 Å². The third-order valence-electron chi connectivity index (χ3n) is 1.86. The fourth-order valence-electron chi connectivity index (χ4n) is 1.24. The van der Waals surface area contributed by atoms with Crippen molar-refractivity contribution in [3.05, 3.63) is 21.9 Å². The Labute approximate surface area is 95.2 Å². The highest BCUT2D eigenvalue weighted by Crippen LogP contribution is 2.37. The number of ether oxygens (including phenoxy) is 2. The Bertz CT molecular complexity index is 360. The van der Waals surface area contributed by atoms with Gasteiger partial charge >= 0.3 is 0 Å². The van der Waals surface area contributed by atoms with Crippen LogP contribution in [-0.2, 0) is 11.4 Å². The van der Waals surface area contributed by atoms with E-state index in [1.807, 2.05) is 0 Å². The second kappa shape index (κ2) is 5.29. The largest absolute Gasteiger partial charge is 0.493 e. The van der Waals surface area contributed by atoms with Gasteiger partial charge in [-0.25, -0.2) is 5.90 Å². The minimum absolute atomic E-state index is 0.0582. The summed E-state index contributed by atoms with van der Waals surface area (Å²) >= 11 is 3.17. The van der Waals surface area contributed by atoms with Crippen LogP contribution in [0.1, 0.15) is 5.56 Å². The summed E-state index contributed by atoms with van der Waals surface area (Å²) in [6.07, 6.45) is 0. The Morgan fingerprint density at radius 2 is 1.93 bits per heavy atom. The monoisotopic (exact) mass is 279 g/mol. The molecular formula is C9H11BrFNO3. The Balaban J connectivity index is 3.30. The summed E-state index contributed by atoms with van der Waals surface area (Å²) in [5.74, 6) is 4.51. The van der Waals surface area contributed by atoms with Crippen molar-refractivity contribution in [1.29, 1.82) is 0 Å². The summed E-state index contributed by atoms with van der Waals surface area (Å²) in [5, 5.41) is 0. The van der Waals surface area contributed by atoms with Crippen LogP contribution in [0.3, 0.4) is 0 Å². The molecule has 0 aliphatic carbocycles. The van der Waals surface area contributed by atoms with Gasteiger partial charge in [0.2, 0.25) is 5.82 Å². The topological polar surface area (TPSA) is 53.7 Å². The van der Waals surface area contributed by atoms with Gasteiger partial charge < -0.3 is 9.47 Å². The smallest absolute Gasteiger partial charge is 0.208 e. The quantitative estimate of drug-likeness (QED) is 0.857. The number of hydrogen-bond acceptors (Lipinski definition) is 4. The minimum atomic E-state index is -0.582. The van der Waals surface area contributed by atoms with Crippen molar-refractivity contribution in [3.63, 3.8) is 0 Å². The van der Waals surface area contributed by atoms with Gasteiger partial charge in [0.1, 0.15) is 0 Å².